The maximum Gasteiger partial charge on any atom is 0.315 e. The van der Waals surface area contributed by atoms with Crippen LogP contribution >= 0.6 is 0 Å². The van der Waals surface area contributed by atoms with Crippen LogP contribution in [0.3, 0.4) is 0 Å². The van der Waals surface area contributed by atoms with Crippen molar-refractivity contribution in [3.63, 3.8) is 0 Å². The second-order valence-electron chi connectivity index (χ2n) is 18.9. The van der Waals surface area contributed by atoms with Crippen LogP contribution in [0.15, 0.2) is 65.8 Å². The van der Waals surface area contributed by atoms with Gasteiger partial charge in [-0.15, -0.1) is 0 Å². The van der Waals surface area contributed by atoms with Gasteiger partial charge in [-0.2, -0.15) is 0 Å². The number of carbonyl (C=O) groups is 1. The van der Waals surface area contributed by atoms with E-state index in [-0.39, 0.29) is 23.0 Å². The van der Waals surface area contributed by atoms with E-state index in [1.165, 1.54) is 68.1 Å². The topological polar surface area (TPSA) is 52.3 Å². The first-order valence-corrected chi connectivity index (χ1v) is 19.3. The first-order chi connectivity index (χ1) is 22.7. The number of rotatable bonds is 6. The molecule has 0 spiro atoms. The predicted octanol–water partition coefficient (Wildman–Crippen LogP) is 10.7. The fourth-order valence-corrected chi connectivity index (χ4v) is 13.7. The van der Waals surface area contributed by atoms with E-state index in [0.717, 1.165) is 18.4 Å². The number of carbonyl (C=O) groups excluding carboxylic acids is 1. The predicted molar refractivity (Wildman–Crippen MR) is 194 cm³/mol. The van der Waals surface area contributed by atoms with Gasteiger partial charge in [0.1, 0.15) is 13.3 Å². The molecule has 6 aliphatic carbocycles. The molecule has 4 heteroatoms. The number of allylic oxidation sites excluding steroid dienone is 5. The van der Waals surface area contributed by atoms with Gasteiger partial charge in [0, 0.05) is 5.54 Å². The summed E-state index contributed by atoms with van der Waals surface area (Å²) in [7, 11) is 0. The van der Waals surface area contributed by atoms with Gasteiger partial charge >= 0.3 is 5.97 Å². The molecule has 0 heterocycles. The molecular formula is C44H62FNO2. The van der Waals surface area contributed by atoms with Crippen LogP contribution in [0.5, 0.6) is 0 Å². The second-order valence-corrected chi connectivity index (χ2v) is 18.9. The summed E-state index contributed by atoms with van der Waals surface area (Å²) in [4.78, 5) is 13.3. The van der Waals surface area contributed by atoms with Crippen molar-refractivity contribution in [2.24, 2.45) is 62.4 Å². The van der Waals surface area contributed by atoms with Crippen LogP contribution in [0.2, 0.25) is 0 Å². The third-order valence-corrected chi connectivity index (χ3v) is 16.6. The molecule has 0 bridgehead atoms. The van der Waals surface area contributed by atoms with Gasteiger partial charge in [-0.25, -0.2) is 4.39 Å². The van der Waals surface area contributed by atoms with Crippen LogP contribution in [0.25, 0.3) is 0 Å². The number of ether oxygens (including phenoxy) is 1. The number of fused-ring (bicyclic) bond motifs is 7. The third kappa shape index (κ3) is 4.84. The van der Waals surface area contributed by atoms with E-state index in [1.807, 2.05) is 30.3 Å². The first-order valence-electron chi connectivity index (χ1n) is 19.3. The van der Waals surface area contributed by atoms with Gasteiger partial charge in [-0.05, 0) is 152 Å². The van der Waals surface area contributed by atoms with Crippen molar-refractivity contribution >= 4 is 5.97 Å². The normalized spacial score (nSPS) is 44.6. The highest BCUT2D eigenvalue weighted by atomic mass is 19.1. The molecule has 262 valence electrons. The largest absolute Gasteiger partial charge is 0.460 e. The average Bonchev–Trinajstić information content (AvgIpc) is 3.42. The van der Waals surface area contributed by atoms with Crippen molar-refractivity contribution in [3.05, 3.63) is 71.3 Å². The molecule has 3 nitrogen and oxygen atoms in total. The Bertz CT molecular complexity index is 1510. The van der Waals surface area contributed by atoms with Gasteiger partial charge in [0.05, 0.1) is 5.41 Å². The highest BCUT2D eigenvalue weighted by molar-refractivity contribution is 5.78. The Morgan fingerprint density at radius 2 is 1.65 bits per heavy atom. The summed E-state index contributed by atoms with van der Waals surface area (Å²) in [6.45, 7) is 19.3. The van der Waals surface area contributed by atoms with E-state index in [9.17, 15) is 9.18 Å². The van der Waals surface area contributed by atoms with E-state index < -0.39 is 18.1 Å². The molecule has 6 aliphatic rings. The maximum absolute atomic E-state index is 14.6. The lowest BCUT2D eigenvalue weighted by Crippen LogP contribution is -2.67. The van der Waals surface area contributed by atoms with Crippen molar-refractivity contribution in [3.8, 4) is 0 Å². The molecule has 0 amide bonds. The molecule has 1 unspecified atom stereocenters. The minimum atomic E-state index is -1.07. The molecule has 48 heavy (non-hydrogen) atoms. The van der Waals surface area contributed by atoms with Crippen molar-refractivity contribution < 1.29 is 13.9 Å². The Morgan fingerprint density at radius 1 is 0.896 bits per heavy atom. The number of benzene rings is 1. The van der Waals surface area contributed by atoms with Gasteiger partial charge in [-0.3, -0.25) is 4.79 Å². The first kappa shape index (κ1) is 34.3. The lowest BCUT2D eigenvalue weighted by molar-refractivity contribution is -0.219. The molecule has 0 saturated heterocycles. The van der Waals surface area contributed by atoms with E-state index in [4.69, 9.17) is 10.5 Å². The van der Waals surface area contributed by atoms with Gasteiger partial charge in [0.2, 0.25) is 0 Å². The summed E-state index contributed by atoms with van der Waals surface area (Å²) >= 11 is 0. The fraction of sp³-hybridized carbons (Fsp3) is 0.705. The quantitative estimate of drug-likeness (QED) is 0.245. The summed E-state index contributed by atoms with van der Waals surface area (Å²) in [6.07, 6.45) is 17.5. The lowest BCUT2D eigenvalue weighted by atomic mass is 9.33. The Kier molecular flexibility index (Phi) is 8.33. The van der Waals surface area contributed by atoms with Gasteiger partial charge in [0.15, 0.2) is 0 Å². The van der Waals surface area contributed by atoms with Gasteiger partial charge < -0.3 is 10.5 Å². The Hall–Kier alpha value is -2.20. The summed E-state index contributed by atoms with van der Waals surface area (Å²) in [5.41, 5.74) is 12.2. The summed E-state index contributed by atoms with van der Waals surface area (Å²) in [6, 6.07) is 9.68. The van der Waals surface area contributed by atoms with Crippen LogP contribution in [-0.2, 0) is 16.1 Å². The zero-order valence-corrected chi connectivity index (χ0v) is 30.8. The van der Waals surface area contributed by atoms with Crippen molar-refractivity contribution in [2.75, 3.05) is 6.67 Å². The Labute approximate surface area is 290 Å². The van der Waals surface area contributed by atoms with Crippen LogP contribution in [0.4, 0.5) is 4.39 Å². The highest BCUT2D eigenvalue weighted by Crippen LogP contribution is 2.76. The number of hydrogen-bond acceptors (Lipinski definition) is 3. The molecule has 0 radical (unpaired) electrons. The number of alkyl halides is 1. The summed E-state index contributed by atoms with van der Waals surface area (Å²) in [5.74, 6) is 2.74. The minimum absolute atomic E-state index is 0.00531. The lowest BCUT2D eigenvalue weighted by Gasteiger charge is -2.72. The van der Waals surface area contributed by atoms with E-state index >= 15 is 0 Å². The standard InChI is InChI=1S/C44H62FNO2/c1-29(2)32-17-24-44(46)26-25-41(6)34(37(32)44)13-14-36-40(5)20-18-33(39(3,4)35(40)19-21-42(36,41)7)31-15-22-43(28-45,23-16-31)38(47)48-27-30-11-9-8-10-12-30/h8-12,15,18,32,34-37H,1,13-14,16-17,19-28,46H2,2-7H3/t32-,34+,35-,36?,37+,40-,41+,42+,43-,44-/m0/s1. The van der Waals surface area contributed by atoms with E-state index in [1.54, 1.807) is 0 Å². The van der Waals surface area contributed by atoms with Crippen LogP contribution in [0.1, 0.15) is 124 Å². The van der Waals surface area contributed by atoms with Gasteiger partial charge in [-0.1, -0.05) is 89.3 Å². The molecule has 7 rings (SSSR count). The monoisotopic (exact) mass is 655 g/mol. The molecule has 0 aliphatic heterocycles. The molecule has 4 fully saturated rings. The minimum Gasteiger partial charge on any atom is -0.460 e. The zero-order valence-electron chi connectivity index (χ0n) is 30.8. The average molecular weight is 656 g/mol. The number of halogens is 1. The highest BCUT2D eigenvalue weighted by Gasteiger charge is 2.70. The molecule has 1 aromatic rings. The second kappa shape index (κ2) is 11.7. The molecular weight excluding hydrogens is 593 g/mol. The third-order valence-electron chi connectivity index (χ3n) is 16.6. The van der Waals surface area contributed by atoms with E-state index in [0.29, 0.717) is 53.3 Å². The van der Waals surface area contributed by atoms with Crippen LogP contribution in [0, 0.1) is 56.7 Å². The van der Waals surface area contributed by atoms with Gasteiger partial charge in [0.25, 0.3) is 0 Å². The zero-order chi connectivity index (χ0) is 34.3. The molecule has 0 aromatic heterocycles. The molecule has 4 saturated carbocycles. The van der Waals surface area contributed by atoms with Crippen molar-refractivity contribution in [2.45, 2.75) is 131 Å². The smallest absolute Gasteiger partial charge is 0.315 e. The van der Waals surface area contributed by atoms with E-state index in [2.05, 4.69) is 60.3 Å². The SMILES string of the molecule is C=C(C)[C@@H]1CC[C@]2(N)CC[C@]3(C)[C@H](CCC4[C@@]5(C)CC=C(C6=CC[C@](CF)(C(=O)OCc7ccccc7)CC6)C(C)(C)[C@@H]5CC[C@]43C)[C@@H]12. The number of hydrogen-bond donors (Lipinski definition) is 1. The van der Waals surface area contributed by atoms with Crippen LogP contribution in [-0.4, -0.2) is 18.2 Å². The number of nitrogens with two attached hydrogens (primary N) is 1. The molecule has 10 atom stereocenters. The summed E-state index contributed by atoms with van der Waals surface area (Å²) < 4.78 is 20.3. The Morgan fingerprint density at radius 3 is 2.31 bits per heavy atom. The van der Waals surface area contributed by atoms with Crippen molar-refractivity contribution in [1.29, 1.82) is 0 Å². The number of esters is 1. The molecule has 1 aromatic carbocycles. The maximum atomic E-state index is 14.6. The Balaban J connectivity index is 1.12. The van der Waals surface area contributed by atoms with Crippen molar-refractivity contribution in [1.82, 2.24) is 0 Å². The fourth-order valence-electron chi connectivity index (χ4n) is 13.7. The molecule has 2 N–H and O–H groups in total. The van der Waals surface area contributed by atoms with Crippen LogP contribution < -0.4 is 5.73 Å². The summed E-state index contributed by atoms with van der Waals surface area (Å²) in [5, 5.41) is 0.